The van der Waals surface area contributed by atoms with Crippen molar-refractivity contribution in [2.24, 2.45) is 45.8 Å². The zero-order chi connectivity index (χ0) is 54.0. The number of ether oxygens (including phenoxy) is 6. The van der Waals surface area contributed by atoms with Crippen LogP contribution in [0.2, 0.25) is 0 Å². The number of nitrogens with one attached hydrogen (secondary N) is 1. The van der Waals surface area contributed by atoms with Crippen LogP contribution in [-0.4, -0.2) is 74.7 Å². The smallest absolute Gasteiger partial charge is 0.407 e. The summed E-state index contributed by atoms with van der Waals surface area (Å²) in [5.74, 6) is 3.15. The number of halogens is 2. The predicted molar refractivity (Wildman–Crippen MR) is 290 cm³/mol. The fraction of sp³-hybridized carbons (Fsp3) is 0.578. The van der Waals surface area contributed by atoms with Gasteiger partial charge in [0.15, 0.2) is 0 Å². The van der Waals surface area contributed by atoms with E-state index in [1.165, 1.54) is 56.6 Å². The van der Waals surface area contributed by atoms with Gasteiger partial charge < -0.3 is 44.0 Å². The number of hydrogen-bond acceptors (Lipinski definition) is 9. The first-order chi connectivity index (χ1) is 36.4. The summed E-state index contributed by atoms with van der Waals surface area (Å²) >= 11 is 0. The van der Waals surface area contributed by atoms with Gasteiger partial charge in [0.2, 0.25) is 0 Å². The Balaban J connectivity index is 0.783. The molecule has 0 bridgehead atoms. The van der Waals surface area contributed by atoms with Crippen LogP contribution in [0.4, 0.5) is 13.6 Å². The molecule has 76 heavy (non-hydrogen) atoms. The Bertz CT molecular complexity index is 2580. The summed E-state index contributed by atoms with van der Waals surface area (Å²) in [7, 11) is 3.18. The summed E-state index contributed by atoms with van der Waals surface area (Å²) in [6.45, 7) is 14.7. The first-order valence-electron chi connectivity index (χ1n) is 28.2. The number of benzene rings is 4. The Hall–Kier alpha value is -4.85. The molecule has 412 valence electrons. The number of aliphatic hydroxyl groups excluding tert-OH is 2. The number of amides is 1. The molecule has 5 aliphatic rings. The summed E-state index contributed by atoms with van der Waals surface area (Å²) < 4.78 is 66.9. The molecule has 1 saturated heterocycles. The van der Waals surface area contributed by atoms with Gasteiger partial charge in [0.1, 0.15) is 59.3 Å². The van der Waals surface area contributed by atoms with Crippen molar-refractivity contribution < 1.29 is 52.2 Å². The van der Waals surface area contributed by atoms with Gasteiger partial charge in [-0.15, -0.1) is 0 Å². The molecular formula is C64H83F2NO9. The van der Waals surface area contributed by atoms with Gasteiger partial charge in [-0.1, -0.05) is 127 Å². The Morgan fingerprint density at radius 3 is 2.12 bits per heavy atom. The summed E-state index contributed by atoms with van der Waals surface area (Å²) in [5, 5.41) is 25.6. The third-order valence-electron chi connectivity index (χ3n) is 19.8. The minimum Gasteiger partial charge on any atom is -0.497 e. The molecule has 12 atom stereocenters. The van der Waals surface area contributed by atoms with Crippen molar-refractivity contribution in [1.82, 2.24) is 5.32 Å². The number of aliphatic hydroxyl groups is 2. The fourth-order valence-corrected chi connectivity index (χ4v) is 15.0. The molecule has 4 fully saturated rings. The predicted octanol–water partition coefficient (Wildman–Crippen LogP) is 13.2. The van der Waals surface area contributed by atoms with E-state index in [4.69, 9.17) is 28.4 Å². The van der Waals surface area contributed by atoms with E-state index >= 15 is 8.78 Å². The van der Waals surface area contributed by atoms with Gasteiger partial charge in [0.25, 0.3) is 0 Å². The van der Waals surface area contributed by atoms with Crippen LogP contribution in [-0.2, 0) is 31.2 Å². The van der Waals surface area contributed by atoms with Crippen LogP contribution in [0, 0.1) is 57.5 Å². The lowest BCUT2D eigenvalue weighted by Crippen LogP contribution is -2.53. The Morgan fingerprint density at radius 1 is 0.803 bits per heavy atom. The molecule has 4 aromatic rings. The molecule has 9 rings (SSSR count). The van der Waals surface area contributed by atoms with Gasteiger partial charge >= 0.3 is 6.09 Å². The summed E-state index contributed by atoms with van der Waals surface area (Å²) in [6, 6.07) is 26.5. The first-order valence-corrected chi connectivity index (χ1v) is 28.2. The highest BCUT2D eigenvalue weighted by Gasteiger charge is 2.63. The summed E-state index contributed by atoms with van der Waals surface area (Å²) in [6.07, 6.45) is 9.26. The maximum absolute atomic E-state index is 15.7. The highest BCUT2D eigenvalue weighted by molar-refractivity contribution is 5.67. The molecule has 0 spiro atoms. The fourth-order valence-electron chi connectivity index (χ4n) is 15.0. The molecule has 4 aromatic carbocycles. The molecule has 1 amide bonds. The second kappa shape index (κ2) is 23.2. The van der Waals surface area contributed by atoms with Crippen LogP contribution < -0.4 is 14.8 Å². The van der Waals surface area contributed by atoms with E-state index < -0.39 is 47.7 Å². The number of methoxy groups -OCH3 is 2. The quantitative estimate of drug-likeness (QED) is 0.0451. The lowest BCUT2D eigenvalue weighted by molar-refractivity contribution is -0.0892. The topological polar surface area (TPSA) is 125 Å². The van der Waals surface area contributed by atoms with E-state index in [1.807, 2.05) is 78.9 Å². The minimum absolute atomic E-state index is 0.0236. The lowest BCUT2D eigenvalue weighted by atomic mass is 9.44. The molecule has 1 heterocycles. The number of carbonyl (C=O) groups excluding carboxylic acids is 1. The van der Waals surface area contributed by atoms with Gasteiger partial charge in [-0.3, -0.25) is 0 Å². The molecule has 10 nitrogen and oxygen atoms in total. The lowest BCUT2D eigenvalue weighted by Gasteiger charge is -2.60. The van der Waals surface area contributed by atoms with E-state index in [2.05, 4.69) is 52.9 Å². The SMILES string of the molecule is COc1ccc(C(OC[C@H]2O[C@@H](c3cc(COCCNC(=O)OC4CC[C@@]5(C)C(=CC[C@@H]6[C@@H]5CC[C@@]5(C)[C@H]6CC[C@]5(C)[C@H](C)CCCC(C)C)C4)c(F)cc3F)[C@@H](O)C2O)(c2ccccc2)c2ccc(OC)cc2)cc1. The minimum atomic E-state index is -1.57. The van der Waals surface area contributed by atoms with Crippen LogP contribution in [0.15, 0.2) is 103 Å². The third kappa shape index (κ3) is 10.7. The van der Waals surface area contributed by atoms with E-state index in [0.29, 0.717) is 34.2 Å². The monoisotopic (exact) mass is 1050 g/mol. The van der Waals surface area contributed by atoms with Crippen molar-refractivity contribution in [1.29, 1.82) is 0 Å². The van der Waals surface area contributed by atoms with Gasteiger partial charge in [-0.05, 0) is 138 Å². The van der Waals surface area contributed by atoms with Crippen molar-refractivity contribution in [2.45, 2.75) is 155 Å². The van der Waals surface area contributed by atoms with E-state index in [0.717, 1.165) is 66.2 Å². The molecule has 3 N–H and O–H groups in total. The van der Waals surface area contributed by atoms with Crippen molar-refractivity contribution >= 4 is 6.09 Å². The zero-order valence-electron chi connectivity index (χ0n) is 46.1. The van der Waals surface area contributed by atoms with Crippen LogP contribution in [0.3, 0.4) is 0 Å². The number of alkyl carbamates (subject to hydrolysis) is 1. The van der Waals surface area contributed by atoms with Gasteiger partial charge in [-0.25, -0.2) is 13.6 Å². The zero-order valence-corrected chi connectivity index (χ0v) is 46.1. The molecular weight excluding hydrogens is 965 g/mol. The molecule has 4 aliphatic carbocycles. The summed E-state index contributed by atoms with van der Waals surface area (Å²) in [5.41, 5.74) is 3.27. The number of allylic oxidation sites excluding steroid dienone is 1. The van der Waals surface area contributed by atoms with Crippen LogP contribution in [0.5, 0.6) is 11.5 Å². The van der Waals surface area contributed by atoms with E-state index in [-0.39, 0.29) is 49.0 Å². The number of carbonyl (C=O) groups is 1. The number of fused-ring (bicyclic) bond motifs is 5. The van der Waals surface area contributed by atoms with Crippen LogP contribution >= 0.6 is 0 Å². The third-order valence-corrected chi connectivity index (χ3v) is 19.8. The van der Waals surface area contributed by atoms with Crippen LogP contribution in [0.25, 0.3) is 0 Å². The summed E-state index contributed by atoms with van der Waals surface area (Å²) in [4.78, 5) is 13.1. The Kier molecular flexibility index (Phi) is 17.1. The molecule has 12 heteroatoms. The van der Waals surface area contributed by atoms with Crippen molar-refractivity contribution in [3.63, 3.8) is 0 Å². The Morgan fingerprint density at radius 2 is 1.46 bits per heavy atom. The number of hydrogen-bond donors (Lipinski definition) is 3. The van der Waals surface area contributed by atoms with Gasteiger partial charge in [0.05, 0.1) is 34.0 Å². The highest BCUT2D eigenvalue weighted by Crippen LogP contribution is 2.71. The molecule has 3 saturated carbocycles. The number of rotatable bonds is 20. The van der Waals surface area contributed by atoms with Crippen molar-refractivity contribution in [3.8, 4) is 11.5 Å². The van der Waals surface area contributed by atoms with E-state index in [1.54, 1.807) is 14.2 Å². The standard InChI is InChI=1S/C64H83F2NO9/c1-40(2)13-12-14-41(3)62(5)31-29-53-50-26-21-46-36-49(27-30-61(46,4)52(50)28-32-63(53,62)6)75-60(70)67-33-34-73-38-42-35-51(55(66)37-54(42)65)59-58(69)57(68)56(76-59)39-74-64(43-15-10-9-11-16-43,44-17-22-47(71-7)23-18-44)45-19-24-48(72-8)25-20-45/h9-11,15-25,35,37,40-41,49-50,52-53,56-59,68-69H,12-14,26-34,36,38-39H2,1-8H3,(H,67,70)/t41-,49?,50-,52+,53+,56-,57?,58+,59+,61+,62-,63+/m1/s1. The van der Waals surface area contributed by atoms with E-state index in [9.17, 15) is 15.0 Å². The molecule has 1 aliphatic heterocycles. The highest BCUT2D eigenvalue weighted by atomic mass is 19.1. The van der Waals surface area contributed by atoms with Crippen LogP contribution in [0.1, 0.15) is 146 Å². The second-order valence-corrected chi connectivity index (χ2v) is 24.0. The maximum atomic E-state index is 15.7. The largest absolute Gasteiger partial charge is 0.497 e. The maximum Gasteiger partial charge on any atom is 0.407 e. The molecule has 0 aromatic heterocycles. The average molecular weight is 1050 g/mol. The Labute approximate surface area is 450 Å². The molecule has 2 unspecified atom stereocenters. The van der Waals surface area contributed by atoms with Gasteiger partial charge in [-0.2, -0.15) is 0 Å². The second-order valence-electron chi connectivity index (χ2n) is 24.0. The van der Waals surface area contributed by atoms with Gasteiger partial charge in [0, 0.05) is 30.2 Å². The average Bonchev–Trinajstić information content (AvgIpc) is 3.96. The first kappa shape index (κ1) is 55.9. The molecule has 0 radical (unpaired) electrons. The normalized spacial score (nSPS) is 30.5. The van der Waals surface area contributed by atoms with Crippen molar-refractivity contribution in [2.75, 3.05) is 34.0 Å². The van der Waals surface area contributed by atoms with Crippen molar-refractivity contribution in [3.05, 3.63) is 142 Å².